The lowest BCUT2D eigenvalue weighted by Crippen LogP contribution is -2.23. The molecule has 5 N–H and O–H groups in total. The van der Waals surface area contributed by atoms with Gasteiger partial charge in [-0.2, -0.15) is 5.26 Å². The fourth-order valence-electron chi connectivity index (χ4n) is 1.81. The minimum Gasteiger partial charge on any atom is -0.397 e. The summed E-state index contributed by atoms with van der Waals surface area (Å²) < 4.78 is 26.7. The van der Waals surface area contributed by atoms with Crippen LogP contribution in [0.4, 0.5) is 26.0 Å². The lowest BCUT2D eigenvalue weighted by atomic mass is 10.2. The molecule has 1 amide bonds. The molecule has 1 heterocycles. The van der Waals surface area contributed by atoms with Gasteiger partial charge in [-0.3, -0.25) is 4.79 Å². The van der Waals surface area contributed by atoms with Crippen LogP contribution < -0.4 is 16.8 Å². The minimum absolute atomic E-state index is 0.103. The van der Waals surface area contributed by atoms with E-state index in [9.17, 15) is 13.6 Å². The smallest absolute Gasteiger partial charge is 0.237 e. The lowest BCUT2D eigenvalue weighted by Gasteiger charge is -2.13. The Kier molecular flexibility index (Phi) is 5.21. The summed E-state index contributed by atoms with van der Waals surface area (Å²) in [4.78, 5) is 16.1. The van der Waals surface area contributed by atoms with Crippen LogP contribution in [-0.2, 0) is 4.79 Å². The summed E-state index contributed by atoms with van der Waals surface area (Å²) in [6.07, 6.45) is 0. The molecule has 0 fully saturated rings. The Balaban J connectivity index is 2.18. The molecule has 0 aliphatic carbocycles. The number of hydrogen-bond donors (Lipinski definition) is 3. The van der Waals surface area contributed by atoms with Gasteiger partial charge < -0.3 is 16.8 Å². The number of halogens is 2. The van der Waals surface area contributed by atoms with Crippen molar-refractivity contribution >= 4 is 34.9 Å². The van der Waals surface area contributed by atoms with Crippen molar-refractivity contribution < 1.29 is 13.6 Å². The Bertz CT molecular complexity index is 837. The van der Waals surface area contributed by atoms with Crippen molar-refractivity contribution in [2.45, 2.75) is 17.2 Å². The molecule has 124 valence electrons. The average Bonchev–Trinajstić information content (AvgIpc) is 2.50. The van der Waals surface area contributed by atoms with Crippen molar-refractivity contribution in [3.05, 3.63) is 41.5 Å². The van der Waals surface area contributed by atoms with Crippen LogP contribution >= 0.6 is 11.8 Å². The van der Waals surface area contributed by atoms with Gasteiger partial charge in [0.15, 0.2) is 0 Å². The average molecular weight is 349 g/mol. The molecule has 2 rings (SSSR count). The molecule has 0 aliphatic heterocycles. The van der Waals surface area contributed by atoms with Crippen molar-refractivity contribution in [3.8, 4) is 6.07 Å². The predicted octanol–water partition coefficient (Wildman–Crippen LogP) is 2.52. The second kappa shape index (κ2) is 7.14. The van der Waals surface area contributed by atoms with E-state index < -0.39 is 22.8 Å². The molecule has 0 aliphatic rings. The first kappa shape index (κ1) is 17.5. The number of carbonyl (C=O) groups excluding carboxylic acids is 1. The number of benzene rings is 1. The van der Waals surface area contributed by atoms with Gasteiger partial charge in [-0.1, -0.05) is 11.8 Å². The van der Waals surface area contributed by atoms with Gasteiger partial charge in [0.2, 0.25) is 5.91 Å². The molecule has 24 heavy (non-hydrogen) atoms. The fourth-order valence-corrected chi connectivity index (χ4v) is 2.75. The van der Waals surface area contributed by atoms with Crippen LogP contribution in [-0.4, -0.2) is 16.1 Å². The highest BCUT2D eigenvalue weighted by Crippen LogP contribution is 2.30. The molecule has 1 aromatic heterocycles. The summed E-state index contributed by atoms with van der Waals surface area (Å²) in [6, 6.07) is 5.98. The summed E-state index contributed by atoms with van der Waals surface area (Å²) in [7, 11) is 0. The number of carbonyl (C=O) groups is 1. The van der Waals surface area contributed by atoms with Crippen LogP contribution in [0.15, 0.2) is 29.3 Å². The van der Waals surface area contributed by atoms with Gasteiger partial charge in [0, 0.05) is 12.1 Å². The molecule has 6 nitrogen and oxygen atoms in total. The maximum absolute atomic E-state index is 13.6. The van der Waals surface area contributed by atoms with Crippen LogP contribution in [0.1, 0.15) is 12.5 Å². The van der Waals surface area contributed by atoms with E-state index in [1.54, 1.807) is 0 Å². The van der Waals surface area contributed by atoms with E-state index in [4.69, 9.17) is 16.7 Å². The van der Waals surface area contributed by atoms with Gasteiger partial charge in [-0.15, -0.1) is 0 Å². The van der Waals surface area contributed by atoms with Crippen LogP contribution in [0.5, 0.6) is 0 Å². The van der Waals surface area contributed by atoms with E-state index in [1.165, 1.54) is 13.0 Å². The molecule has 0 saturated heterocycles. The Hall–Kier alpha value is -2.86. The van der Waals surface area contributed by atoms with Crippen molar-refractivity contribution in [2.24, 2.45) is 0 Å². The monoisotopic (exact) mass is 349 g/mol. The van der Waals surface area contributed by atoms with Crippen LogP contribution in [0, 0.1) is 23.0 Å². The number of nitriles is 1. The van der Waals surface area contributed by atoms with Gasteiger partial charge in [0.1, 0.15) is 34.1 Å². The Morgan fingerprint density at radius 1 is 1.38 bits per heavy atom. The molecule has 0 radical (unpaired) electrons. The predicted molar refractivity (Wildman–Crippen MR) is 88.1 cm³/mol. The first-order chi connectivity index (χ1) is 11.3. The second-order valence-corrected chi connectivity index (χ2v) is 6.13. The number of pyridine rings is 1. The summed E-state index contributed by atoms with van der Waals surface area (Å²) in [6.45, 7) is 1.53. The quantitative estimate of drug-likeness (QED) is 0.730. The van der Waals surface area contributed by atoms with Crippen molar-refractivity contribution in [1.82, 2.24) is 4.98 Å². The number of rotatable bonds is 4. The highest BCUT2D eigenvalue weighted by molar-refractivity contribution is 8.00. The number of aromatic nitrogens is 1. The van der Waals surface area contributed by atoms with E-state index in [1.807, 2.05) is 6.07 Å². The summed E-state index contributed by atoms with van der Waals surface area (Å²) >= 11 is 0.939. The number of nitrogens with zero attached hydrogens (tertiary/aromatic N) is 2. The highest BCUT2D eigenvalue weighted by atomic mass is 32.2. The second-order valence-electron chi connectivity index (χ2n) is 4.80. The summed E-state index contributed by atoms with van der Waals surface area (Å²) in [5, 5.41) is 10.9. The van der Waals surface area contributed by atoms with Gasteiger partial charge in [-0.05, 0) is 19.1 Å². The Labute approximate surface area is 140 Å². The minimum atomic E-state index is -0.758. The summed E-state index contributed by atoms with van der Waals surface area (Å²) in [5.41, 5.74) is 11.3. The maximum Gasteiger partial charge on any atom is 0.237 e. The van der Waals surface area contributed by atoms with Crippen LogP contribution in [0.25, 0.3) is 0 Å². The fraction of sp³-hybridized carbons (Fsp3) is 0.133. The molecule has 0 bridgehead atoms. The molecule has 1 aromatic carbocycles. The molecule has 2 aromatic rings. The molecule has 0 spiro atoms. The Morgan fingerprint density at radius 3 is 2.75 bits per heavy atom. The number of anilines is 3. The molecule has 9 heteroatoms. The molecule has 0 saturated carbocycles. The number of nitrogens with one attached hydrogen (secondary N) is 1. The van der Waals surface area contributed by atoms with Crippen LogP contribution in [0.2, 0.25) is 0 Å². The van der Waals surface area contributed by atoms with E-state index in [-0.39, 0.29) is 27.8 Å². The summed E-state index contributed by atoms with van der Waals surface area (Å²) in [5.74, 6) is -1.91. The molecular weight excluding hydrogens is 336 g/mol. The van der Waals surface area contributed by atoms with E-state index in [2.05, 4.69) is 10.3 Å². The van der Waals surface area contributed by atoms with Crippen molar-refractivity contribution in [3.63, 3.8) is 0 Å². The van der Waals surface area contributed by atoms with Crippen LogP contribution in [0.3, 0.4) is 0 Å². The zero-order valence-corrected chi connectivity index (χ0v) is 13.3. The Morgan fingerprint density at radius 2 is 2.08 bits per heavy atom. The normalized spacial score (nSPS) is 11.6. The van der Waals surface area contributed by atoms with E-state index >= 15 is 0 Å². The number of hydrogen-bond acceptors (Lipinski definition) is 6. The third-order valence-electron chi connectivity index (χ3n) is 2.99. The zero-order valence-electron chi connectivity index (χ0n) is 12.5. The standard InChI is InChI=1S/C15H13F2N5OS/c1-7(14(23)21-12-4-8(16)2-3-10(12)17)24-15-9(6-18)11(19)5-13(20)22-15/h2-5,7H,1H3,(H,21,23)(H4,19,20,22)/t7-/m0/s1. The van der Waals surface area contributed by atoms with Gasteiger partial charge >= 0.3 is 0 Å². The SMILES string of the molecule is C[C@H](Sc1nc(N)cc(N)c1C#N)C(=O)Nc1cc(F)ccc1F. The third-order valence-corrected chi connectivity index (χ3v) is 4.08. The van der Waals surface area contributed by atoms with E-state index in [0.29, 0.717) is 0 Å². The zero-order chi connectivity index (χ0) is 17.9. The molecule has 0 unspecified atom stereocenters. The van der Waals surface area contributed by atoms with E-state index in [0.717, 1.165) is 30.0 Å². The molecule has 1 atom stereocenters. The number of amides is 1. The van der Waals surface area contributed by atoms with Gasteiger partial charge in [-0.25, -0.2) is 13.8 Å². The van der Waals surface area contributed by atoms with Crippen molar-refractivity contribution in [1.29, 1.82) is 5.26 Å². The van der Waals surface area contributed by atoms with Crippen molar-refractivity contribution in [2.75, 3.05) is 16.8 Å². The first-order valence-corrected chi connectivity index (χ1v) is 7.58. The van der Waals surface area contributed by atoms with Gasteiger partial charge in [0.25, 0.3) is 0 Å². The third kappa shape index (κ3) is 3.91. The number of nitrogens with two attached hydrogens (primary N) is 2. The lowest BCUT2D eigenvalue weighted by molar-refractivity contribution is -0.115. The number of nitrogen functional groups attached to an aromatic ring is 2. The topological polar surface area (TPSA) is 118 Å². The number of thioether (sulfide) groups is 1. The first-order valence-electron chi connectivity index (χ1n) is 6.70. The van der Waals surface area contributed by atoms with Gasteiger partial charge in [0.05, 0.1) is 16.6 Å². The maximum atomic E-state index is 13.6. The molecular formula is C15H13F2N5OS. The highest BCUT2D eigenvalue weighted by Gasteiger charge is 2.20. The largest absolute Gasteiger partial charge is 0.397 e.